The number of nitrogens with two attached hydrogens (primary N) is 1. The normalized spacial score (nSPS) is 9.73. The first-order valence-electron chi connectivity index (χ1n) is 4.29. The number of hydrogen-bond donors (Lipinski definition) is 2. The summed E-state index contributed by atoms with van der Waals surface area (Å²) in [6.07, 6.45) is 0. The highest BCUT2D eigenvalue weighted by molar-refractivity contribution is 6.00. The van der Waals surface area contributed by atoms with Gasteiger partial charge in [-0.05, 0) is 12.1 Å². The number of rotatable bonds is 3. The smallest absolute Gasteiger partial charge is 0.308 e. The summed E-state index contributed by atoms with van der Waals surface area (Å²) in [5.41, 5.74) is 5.26. The second kappa shape index (κ2) is 4.56. The quantitative estimate of drug-likeness (QED) is 0.428. The SMILES string of the molecule is CC(=O)Oc1ccc(C(=O)CN)c(O)c1. The van der Waals surface area contributed by atoms with Crippen LogP contribution in [0.25, 0.3) is 0 Å². The second-order valence-electron chi connectivity index (χ2n) is 2.90. The van der Waals surface area contributed by atoms with Crippen LogP contribution in [0.5, 0.6) is 11.5 Å². The van der Waals surface area contributed by atoms with Crippen molar-refractivity contribution in [2.75, 3.05) is 6.54 Å². The van der Waals surface area contributed by atoms with Crippen molar-refractivity contribution in [2.24, 2.45) is 5.73 Å². The molecule has 0 aliphatic heterocycles. The number of ketones is 1. The maximum Gasteiger partial charge on any atom is 0.308 e. The Kier molecular flexibility index (Phi) is 3.41. The molecule has 0 amide bonds. The van der Waals surface area contributed by atoms with Gasteiger partial charge in [0.1, 0.15) is 11.5 Å². The van der Waals surface area contributed by atoms with E-state index in [1.165, 1.54) is 25.1 Å². The van der Waals surface area contributed by atoms with Gasteiger partial charge in [-0.3, -0.25) is 9.59 Å². The number of aromatic hydroxyl groups is 1. The van der Waals surface area contributed by atoms with Gasteiger partial charge in [0.2, 0.25) is 0 Å². The molecule has 1 rings (SSSR count). The molecule has 0 unspecified atom stereocenters. The van der Waals surface area contributed by atoms with Gasteiger partial charge in [0.05, 0.1) is 12.1 Å². The van der Waals surface area contributed by atoms with Crippen LogP contribution in [0.15, 0.2) is 18.2 Å². The summed E-state index contributed by atoms with van der Waals surface area (Å²) in [6, 6.07) is 3.98. The van der Waals surface area contributed by atoms with Crippen LogP contribution in [0.1, 0.15) is 17.3 Å². The highest BCUT2D eigenvalue weighted by Gasteiger charge is 2.10. The van der Waals surface area contributed by atoms with Crippen molar-refractivity contribution in [1.29, 1.82) is 0 Å². The van der Waals surface area contributed by atoms with E-state index in [0.717, 1.165) is 0 Å². The Morgan fingerprint density at radius 2 is 2.13 bits per heavy atom. The molecule has 0 aliphatic carbocycles. The molecule has 0 spiro atoms. The minimum Gasteiger partial charge on any atom is -0.507 e. The van der Waals surface area contributed by atoms with Crippen LogP contribution in [0.2, 0.25) is 0 Å². The van der Waals surface area contributed by atoms with Crippen molar-refractivity contribution < 1.29 is 19.4 Å². The van der Waals surface area contributed by atoms with Crippen molar-refractivity contribution in [1.82, 2.24) is 0 Å². The van der Waals surface area contributed by atoms with E-state index in [9.17, 15) is 14.7 Å². The van der Waals surface area contributed by atoms with Crippen LogP contribution in [0.3, 0.4) is 0 Å². The molecule has 15 heavy (non-hydrogen) atoms. The molecule has 80 valence electrons. The molecule has 0 atom stereocenters. The van der Waals surface area contributed by atoms with Gasteiger partial charge in [0.15, 0.2) is 5.78 Å². The molecule has 1 aromatic carbocycles. The van der Waals surface area contributed by atoms with Crippen LogP contribution in [-0.2, 0) is 4.79 Å². The first kappa shape index (κ1) is 11.2. The van der Waals surface area contributed by atoms with E-state index >= 15 is 0 Å². The van der Waals surface area contributed by atoms with E-state index in [-0.39, 0.29) is 29.4 Å². The lowest BCUT2D eigenvalue weighted by atomic mass is 10.1. The molecule has 0 aliphatic rings. The summed E-state index contributed by atoms with van der Waals surface area (Å²) < 4.78 is 4.72. The fourth-order valence-electron chi connectivity index (χ4n) is 1.09. The third kappa shape index (κ3) is 2.78. The molecular formula is C10H11NO4. The van der Waals surface area contributed by atoms with E-state index in [1.54, 1.807) is 0 Å². The predicted molar refractivity (Wildman–Crippen MR) is 52.8 cm³/mol. The number of ether oxygens (including phenoxy) is 1. The van der Waals surface area contributed by atoms with Crippen molar-refractivity contribution in [3.05, 3.63) is 23.8 Å². The summed E-state index contributed by atoms with van der Waals surface area (Å²) in [5.74, 6) is -0.924. The maximum atomic E-state index is 11.2. The third-order valence-corrected chi connectivity index (χ3v) is 1.72. The number of Topliss-reactive ketones (excluding diaryl/α,β-unsaturated/α-hetero) is 1. The largest absolute Gasteiger partial charge is 0.507 e. The lowest BCUT2D eigenvalue weighted by Gasteiger charge is -2.05. The number of esters is 1. The van der Waals surface area contributed by atoms with Crippen molar-refractivity contribution >= 4 is 11.8 Å². The van der Waals surface area contributed by atoms with Gasteiger partial charge < -0.3 is 15.6 Å². The molecule has 3 N–H and O–H groups in total. The Bertz CT molecular complexity index is 400. The molecule has 0 fully saturated rings. The topological polar surface area (TPSA) is 89.6 Å². The van der Waals surface area contributed by atoms with Crippen LogP contribution < -0.4 is 10.5 Å². The van der Waals surface area contributed by atoms with Gasteiger partial charge >= 0.3 is 5.97 Å². The van der Waals surface area contributed by atoms with Crippen molar-refractivity contribution in [2.45, 2.75) is 6.92 Å². The Morgan fingerprint density at radius 3 is 2.60 bits per heavy atom. The Hall–Kier alpha value is -1.88. The molecule has 5 nitrogen and oxygen atoms in total. The molecule has 0 heterocycles. The van der Waals surface area contributed by atoms with E-state index in [0.29, 0.717) is 0 Å². The molecule has 0 bridgehead atoms. The van der Waals surface area contributed by atoms with E-state index in [1.807, 2.05) is 0 Å². The second-order valence-corrected chi connectivity index (χ2v) is 2.90. The number of phenols is 1. The zero-order valence-corrected chi connectivity index (χ0v) is 8.19. The van der Waals surface area contributed by atoms with Gasteiger partial charge in [-0.2, -0.15) is 0 Å². The number of carbonyl (C=O) groups excluding carboxylic acids is 2. The van der Waals surface area contributed by atoms with Crippen LogP contribution in [0, 0.1) is 0 Å². The van der Waals surface area contributed by atoms with Crippen LogP contribution >= 0.6 is 0 Å². The minimum atomic E-state index is -0.493. The fourth-order valence-corrected chi connectivity index (χ4v) is 1.09. The van der Waals surface area contributed by atoms with Gasteiger partial charge in [-0.15, -0.1) is 0 Å². The molecular weight excluding hydrogens is 198 g/mol. The number of benzene rings is 1. The summed E-state index contributed by atoms with van der Waals surface area (Å²) in [5, 5.41) is 9.44. The van der Waals surface area contributed by atoms with E-state index < -0.39 is 5.97 Å². The lowest BCUT2D eigenvalue weighted by Crippen LogP contribution is -2.13. The third-order valence-electron chi connectivity index (χ3n) is 1.72. The molecule has 0 saturated heterocycles. The van der Waals surface area contributed by atoms with E-state index in [2.05, 4.69) is 0 Å². The zero-order chi connectivity index (χ0) is 11.4. The number of hydrogen-bond acceptors (Lipinski definition) is 5. The fraction of sp³-hybridized carbons (Fsp3) is 0.200. The van der Waals surface area contributed by atoms with Crippen LogP contribution in [0.4, 0.5) is 0 Å². The first-order valence-corrected chi connectivity index (χ1v) is 4.29. The summed E-state index contributed by atoms with van der Waals surface area (Å²) in [4.78, 5) is 21.8. The summed E-state index contributed by atoms with van der Waals surface area (Å²) >= 11 is 0. The Labute approximate surface area is 86.5 Å². The van der Waals surface area contributed by atoms with Crippen molar-refractivity contribution in [3.63, 3.8) is 0 Å². The van der Waals surface area contributed by atoms with Gasteiger partial charge in [-0.1, -0.05) is 0 Å². The number of carbonyl (C=O) groups is 2. The highest BCUT2D eigenvalue weighted by atomic mass is 16.5. The van der Waals surface area contributed by atoms with Gasteiger partial charge in [-0.25, -0.2) is 0 Å². The molecule has 0 radical (unpaired) electrons. The average Bonchev–Trinajstić information content (AvgIpc) is 2.16. The Morgan fingerprint density at radius 1 is 1.47 bits per heavy atom. The van der Waals surface area contributed by atoms with E-state index in [4.69, 9.17) is 10.5 Å². The standard InChI is InChI=1S/C10H11NO4/c1-6(12)15-7-2-3-8(9(13)4-7)10(14)5-11/h2-4,13H,5,11H2,1H3. The number of phenolic OH excluding ortho intramolecular Hbond substituents is 1. The highest BCUT2D eigenvalue weighted by Crippen LogP contribution is 2.23. The van der Waals surface area contributed by atoms with Crippen LogP contribution in [-0.4, -0.2) is 23.4 Å². The zero-order valence-electron chi connectivity index (χ0n) is 8.19. The maximum absolute atomic E-state index is 11.2. The average molecular weight is 209 g/mol. The minimum absolute atomic E-state index is 0.119. The molecule has 0 saturated carbocycles. The first-order chi connectivity index (χ1) is 7.04. The lowest BCUT2D eigenvalue weighted by molar-refractivity contribution is -0.131. The van der Waals surface area contributed by atoms with Crippen molar-refractivity contribution in [3.8, 4) is 11.5 Å². The van der Waals surface area contributed by atoms with Gasteiger partial charge in [0, 0.05) is 13.0 Å². The summed E-state index contributed by atoms with van der Waals surface area (Å²) in [6.45, 7) is 1.07. The molecule has 0 aromatic heterocycles. The van der Waals surface area contributed by atoms with Gasteiger partial charge in [0.25, 0.3) is 0 Å². The summed E-state index contributed by atoms with van der Waals surface area (Å²) in [7, 11) is 0. The molecule has 5 heteroatoms. The molecule has 1 aromatic rings. The monoisotopic (exact) mass is 209 g/mol. The predicted octanol–water partition coefficient (Wildman–Crippen LogP) is 0.459. The Balaban J connectivity index is 2.97.